The van der Waals surface area contributed by atoms with E-state index in [1.54, 1.807) is 34.8 Å². The van der Waals surface area contributed by atoms with Crippen LogP contribution in [0.5, 0.6) is 0 Å². The van der Waals surface area contributed by atoms with Crippen molar-refractivity contribution in [1.29, 1.82) is 5.26 Å². The van der Waals surface area contributed by atoms with Crippen LogP contribution < -0.4 is 0 Å². The van der Waals surface area contributed by atoms with Crippen LogP contribution in [0.15, 0.2) is 42.6 Å². The number of fused-ring (bicyclic) bond motifs is 1. The van der Waals surface area contributed by atoms with Crippen molar-refractivity contribution in [2.24, 2.45) is 0 Å². The highest BCUT2D eigenvalue weighted by atomic mass is 19.1. The monoisotopic (exact) mass is 364 g/mol. The van der Waals surface area contributed by atoms with Crippen molar-refractivity contribution >= 4 is 5.91 Å². The Hall–Kier alpha value is -3.53. The number of benzene rings is 2. The summed E-state index contributed by atoms with van der Waals surface area (Å²) in [5, 5.41) is 9.27. The summed E-state index contributed by atoms with van der Waals surface area (Å²) >= 11 is 0. The van der Waals surface area contributed by atoms with Gasteiger partial charge in [0.25, 0.3) is 5.91 Å². The number of nitriles is 1. The fourth-order valence-corrected chi connectivity index (χ4v) is 3.26. The van der Waals surface area contributed by atoms with Gasteiger partial charge >= 0.3 is 0 Å². The van der Waals surface area contributed by atoms with Crippen molar-refractivity contribution in [3.8, 4) is 28.5 Å². The first kappa shape index (κ1) is 16.9. The molecule has 0 unspecified atom stereocenters. The molecule has 0 saturated carbocycles. The van der Waals surface area contributed by atoms with Crippen LogP contribution in [0, 0.1) is 23.0 Å². The minimum atomic E-state index is -0.556. The minimum Gasteiger partial charge on any atom is -0.337 e. The first-order valence-electron chi connectivity index (χ1n) is 8.30. The molecule has 0 bridgehead atoms. The summed E-state index contributed by atoms with van der Waals surface area (Å²) in [7, 11) is 1.72. The highest BCUT2D eigenvalue weighted by Crippen LogP contribution is 2.32. The van der Waals surface area contributed by atoms with Gasteiger partial charge in [0, 0.05) is 36.8 Å². The molecule has 0 atom stereocenters. The lowest BCUT2D eigenvalue weighted by Crippen LogP contribution is -2.37. The highest BCUT2D eigenvalue weighted by molar-refractivity contribution is 5.92. The zero-order chi connectivity index (χ0) is 19.1. The van der Waals surface area contributed by atoms with Gasteiger partial charge in [-0.3, -0.25) is 4.79 Å². The predicted octanol–water partition coefficient (Wildman–Crippen LogP) is 3.45. The molecular formula is C20H14F2N4O. The molecule has 3 aromatic rings. The maximum atomic E-state index is 14.5. The molecule has 1 aromatic heterocycles. The van der Waals surface area contributed by atoms with Gasteiger partial charge < -0.3 is 9.47 Å². The number of likely N-dealkylation sites (N-methyl/N-ethyl adjacent to an activating group) is 1. The third-order valence-corrected chi connectivity index (χ3v) is 4.71. The number of carbonyl (C=O) groups is 1. The lowest BCUT2D eigenvalue weighted by Gasteiger charge is -2.24. The molecule has 4 rings (SSSR count). The average molecular weight is 364 g/mol. The van der Waals surface area contributed by atoms with Gasteiger partial charge in [-0.05, 0) is 30.3 Å². The summed E-state index contributed by atoms with van der Waals surface area (Å²) in [6, 6.07) is 10.1. The molecule has 2 heterocycles. The van der Waals surface area contributed by atoms with E-state index in [0.717, 1.165) is 6.07 Å². The standard InChI is InChI=1S/C20H14F2N4O/c1-25-6-7-26-18(11-24-19(26)20(25)27)12-2-5-17(22)16(9-12)15-4-3-14(21)8-13(15)10-23/h2-5,8-9,11H,6-7H2,1H3. The first-order valence-corrected chi connectivity index (χ1v) is 8.30. The van der Waals surface area contributed by atoms with Crippen molar-refractivity contribution in [2.75, 3.05) is 13.6 Å². The van der Waals surface area contributed by atoms with Crippen molar-refractivity contribution < 1.29 is 13.6 Å². The van der Waals surface area contributed by atoms with Crippen molar-refractivity contribution in [3.63, 3.8) is 0 Å². The van der Waals surface area contributed by atoms with Gasteiger partial charge in [0.15, 0.2) is 5.82 Å². The molecule has 1 aliphatic rings. The van der Waals surface area contributed by atoms with E-state index in [2.05, 4.69) is 4.98 Å². The maximum absolute atomic E-state index is 14.5. The summed E-state index contributed by atoms with van der Waals surface area (Å²) in [6.45, 7) is 1.14. The summed E-state index contributed by atoms with van der Waals surface area (Å²) in [6.07, 6.45) is 1.58. The molecule has 5 nitrogen and oxygen atoms in total. The molecule has 0 aliphatic carbocycles. The summed E-state index contributed by atoms with van der Waals surface area (Å²) in [4.78, 5) is 18.0. The number of amides is 1. The number of halogens is 2. The van der Waals surface area contributed by atoms with Gasteiger partial charge in [-0.2, -0.15) is 5.26 Å². The Bertz CT molecular complexity index is 1110. The number of nitrogens with zero attached hydrogens (tertiary/aromatic N) is 4. The van der Waals surface area contributed by atoms with Crippen LogP contribution in [-0.2, 0) is 6.54 Å². The molecule has 1 amide bonds. The van der Waals surface area contributed by atoms with Crippen LogP contribution >= 0.6 is 0 Å². The first-order chi connectivity index (χ1) is 13.0. The second kappa shape index (κ2) is 6.32. The number of aromatic nitrogens is 2. The van der Waals surface area contributed by atoms with Crippen LogP contribution in [-0.4, -0.2) is 34.0 Å². The fourth-order valence-electron chi connectivity index (χ4n) is 3.26. The molecular weight excluding hydrogens is 350 g/mol. The Morgan fingerprint density at radius 2 is 1.93 bits per heavy atom. The van der Waals surface area contributed by atoms with E-state index in [1.165, 1.54) is 18.2 Å². The predicted molar refractivity (Wildman–Crippen MR) is 94.7 cm³/mol. The molecule has 27 heavy (non-hydrogen) atoms. The van der Waals surface area contributed by atoms with E-state index >= 15 is 0 Å². The highest BCUT2D eigenvalue weighted by Gasteiger charge is 2.26. The van der Waals surface area contributed by atoms with Crippen LogP contribution in [0.1, 0.15) is 16.2 Å². The molecule has 134 valence electrons. The van der Waals surface area contributed by atoms with Crippen molar-refractivity contribution in [1.82, 2.24) is 14.5 Å². The quantitative estimate of drug-likeness (QED) is 0.700. The van der Waals surface area contributed by atoms with E-state index in [9.17, 15) is 18.8 Å². The van der Waals surface area contributed by atoms with Crippen LogP contribution in [0.25, 0.3) is 22.4 Å². The van der Waals surface area contributed by atoms with Gasteiger partial charge in [0.1, 0.15) is 11.6 Å². The maximum Gasteiger partial charge on any atom is 0.289 e. The smallest absolute Gasteiger partial charge is 0.289 e. The lowest BCUT2D eigenvalue weighted by molar-refractivity contribution is 0.0742. The second-order valence-electron chi connectivity index (χ2n) is 6.34. The molecule has 0 fully saturated rings. The number of imidazole rings is 1. The Morgan fingerprint density at radius 3 is 2.70 bits per heavy atom. The second-order valence-corrected chi connectivity index (χ2v) is 6.34. The largest absolute Gasteiger partial charge is 0.337 e. The fraction of sp³-hybridized carbons (Fsp3) is 0.150. The van der Waals surface area contributed by atoms with Gasteiger partial charge in [-0.15, -0.1) is 0 Å². The van der Waals surface area contributed by atoms with Crippen LogP contribution in [0.2, 0.25) is 0 Å². The lowest BCUT2D eigenvalue weighted by atomic mass is 9.97. The number of hydrogen-bond acceptors (Lipinski definition) is 3. The van der Waals surface area contributed by atoms with Crippen LogP contribution in [0.3, 0.4) is 0 Å². The average Bonchev–Trinajstić information content (AvgIpc) is 3.10. The molecule has 1 aliphatic heterocycles. The molecule has 0 radical (unpaired) electrons. The van der Waals surface area contributed by atoms with Gasteiger partial charge in [0.2, 0.25) is 0 Å². The SMILES string of the molecule is CN1CCn2c(-c3ccc(F)c(-c4ccc(F)cc4C#N)c3)cnc2C1=O. The van der Waals surface area contributed by atoms with Crippen molar-refractivity contribution in [2.45, 2.75) is 6.54 Å². The number of rotatable bonds is 2. The zero-order valence-corrected chi connectivity index (χ0v) is 14.4. The Kier molecular flexibility index (Phi) is 3.96. The normalized spacial score (nSPS) is 13.4. The van der Waals surface area contributed by atoms with Crippen molar-refractivity contribution in [3.05, 3.63) is 65.6 Å². The number of hydrogen-bond donors (Lipinski definition) is 0. The van der Waals surface area contributed by atoms with E-state index < -0.39 is 11.6 Å². The van der Waals surface area contributed by atoms with E-state index in [1.807, 2.05) is 6.07 Å². The molecule has 0 spiro atoms. The molecule has 0 saturated heterocycles. The summed E-state index contributed by atoms with van der Waals surface area (Å²) in [5.74, 6) is -0.903. The Balaban J connectivity index is 1.85. The third kappa shape index (κ3) is 2.75. The van der Waals surface area contributed by atoms with Crippen LogP contribution in [0.4, 0.5) is 8.78 Å². The van der Waals surface area contributed by atoms with Gasteiger partial charge in [0.05, 0.1) is 23.5 Å². The summed E-state index contributed by atoms with van der Waals surface area (Å²) < 4.78 is 29.7. The molecule has 0 N–H and O–H groups in total. The van der Waals surface area contributed by atoms with E-state index in [-0.39, 0.29) is 17.0 Å². The summed E-state index contributed by atoms with van der Waals surface area (Å²) in [5.41, 5.74) is 1.91. The van der Waals surface area contributed by atoms with Gasteiger partial charge in [-0.1, -0.05) is 6.07 Å². The topological polar surface area (TPSA) is 61.9 Å². The third-order valence-electron chi connectivity index (χ3n) is 4.71. The van der Waals surface area contributed by atoms with E-state index in [4.69, 9.17) is 0 Å². The van der Waals surface area contributed by atoms with E-state index in [0.29, 0.717) is 35.7 Å². The van der Waals surface area contributed by atoms with Gasteiger partial charge in [-0.25, -0.2) is 13.8 Å². The zero-order valence-electron chi connectivity index (χ0n) is 14.4. The number of carbonyl (C=O) groups excluding carboxylic acids is 1. The Morgan fingerprint density at radius 1 is 1.11 bits per heavy atom. The molecule has 2 aromatic carbocycles. The minimum absolute atomic E-state index is 0.0539. The molecule has 7 heteroatoms. The Labute approximate surface area is 154 Å².